The normalized spacial score (nSPS) is 11.6. The molecule has 1 heterocycles. The summed E-state index contributed by atoms with van der Waals surface area (Å²) in [5.74, 6) is -1.80. The lowest BCUT2D eigenvalue weighted by molar-refractivity contribution is -0.128. The largest absolute Gasteiger partial charge is 0.478 e. The molecular weight excluding hydrogens is 300 g/mol. The average molecular weight is 318 g/mol. The summed E-state index contributed by atoms with van der Waals surface area (Å²) in [6.45, 7) is 1.50. The maximum Gasteiger partial charge on any atom is 0.340 e. The van der Waals surface area contributed by atoms with Crippen molar-refractivity contribution < 1.29 is 23.1 Å². The molecule has 118 valence electrons. The Morgan fingerprint density at radius 3 is 2.48 bits per heavy atom. The molecule has 21 heavy (non-hydrogen) atoms. The van der Waals surface area contributed by atoms with Crippen molar-refractivity contribution in [3.8, 4) is 0 Å². The summed E-state index contributed by atoms with van der Waals surface area (Å²) in [6, 6.07) is 0. The number of amides is 1. The van der Waals surface area contributed by atoms with Crippen LogP contribution >= 0.6 is 0 Å². The number of carbonyl (C=O) groups excluding carboxylic acids is 1. The van der Waals surface area contributed by atoms with E-state index in [1.807, 2.05) is 0 Å². The second-order valence-electron chi connectivity index (χ2n) is 4.54. The van der Waals surface area contributed by atoms with E-state index in [0.29, 0.717) is 6.42 Å². The van der Waals surface area contributed by atoms with Crippen molar-refractivity contribution in [3.63, 3.8) is 0 Å². The van der Waals surface area contributed by atoms with E-state index in [1.165, 1.54) is 19.0 Å². The van der Waals surface area contributed by atoms with Crippen LogP contribution < -0.4 is 0 Å². The quantitative estimate of drug-likeness (QED) is 0.705. The number of hydrogen-bond acceptors (Lipinski definition) is 5. The first kappa shape index (κ1) is 17.1. The molecule has 0 fully saturated rings. The van der Waals surface area contributed by atoms with Crippen LogP contribution in [0.5, 0.6) is 0 Å². The molecule has 0 spiro atoms. The lowest BCUT2D eigenvalue weighted by Crippen LogP contribution is -2.41. The second-order valence-corrected chi connectivity index (χ2v) is 6.42. The molecular formula is C11H18N4O5S. The molecule has 0 bridgehead atoms. The number of carboxylic acid groups (broad SMARTS) is 1. The number of rotatable bonds is 7. The fraction of sp³-hybridized carbons (Fsp3) is 0.545. The topological polar surface area (TPSA) is 124 Å². The zero-order valence-electron chi connectivity index (χ0n) is 12.0. The van der Waals surface area contributed by atoms with Gasteiger partial charge in [-0.05, 0) is 6.42 Å². The van der Waals surface area contributed by atoms with Gasteiger partial charge < -0.3 is 10.0 Å². The lowest BCUT2D eigenvalue weighted by Gasteiger charge is -2.22. The molecule has 0 aliphatic heterocycles. The third kappa shape index (κ3) is 3.79. The van der Waals surface area contributed by atoms with Crippen molar-refractivity contribution >= 4 is 21.9 Å². The van der Waals surface area contributed by atoms with E-state index in [1.54, 1.807) is 6.92 Å². The Bertz CT molecular complexity index is 622. The monoisotopic (exact) mass is 318 g/mol. The fourth-order valence-corrected chi connectivity index (χ4v) is 3.13. The smallest absolute Gasteiger partial charge is 0.340 e. The molecule has 2 N–H and O–H groups in total. The summed E-state index contributed by atoms with van der Waals surface area (Å²) in [5.41, 5.74) is -0.451. The minimum Gasteiger partial charge on any atom is -0.478 e. The van der Waals surface area contributed by atoms with Crippen LogP contribution in [0.15, 0.2) is 11.2 Å². The summed E-state index contributed by atoms with van der Waals surface area (Å²) in [4.78, 5) is 24.0. The minimum absolute atomic E-state index is 0.0972. The van der Waals surface area contributed by atoms with Crippen LogP contribution in [0.2, 0.25) is 0 Å². The highest BCUT2D eigenvalue weighted by Crippen LogP contribution is 2.18. The van der Waals surface area contributed by atoms with Crippen LogP contribution in [0.25, 0.3) is 0 Å². The number of aromatic amines is 1. The summed E-state index contributed by atoms with van der Waals surface area (Å²) >= 11 is 0. The first-order valence-corrected chi connectivity index (χ1v) is 7.62. The van der Waals surface area contributed by atoms with E-state index in [9.17, 15) is 18.0 Å². The number of hydrogen-bond donors (Lipinski definition) is 2. The van der Waals surface area contributed by atoms with Crippen molar-refractivity contribution in [1.29, 1.82) is 0 Å². The molecule has 0 aliphatic rings. The van der Waals surface area contributed by atoms with E-state index in [-0.39, 0.29) is 13.1 Å². The molecule has 0 saturated carbocycles. The molecule has 0 aliphatic carbocycles. The van der Waals surface area contributed by atoms with Gasteiger partial charge in [0.15, 0.2) is 5.03 Å². The van der Waals surface area contributed by atoms with Gasteiger partial charge in [-0.15, -0.1) is 0 Å². The third-order valence-corrected chi connectivity index (χ3v) is 4.53. The van der Waals surface area contributed by atoms with Crippen LogP contribution in [-0.2, 0) is 14.8 Å². The van der Waals surface area contributed by atoms with Gasteiger partial charge in [0.25, 0.3) is 10.0 Å². The number of nitrogens with one attached hydrogen (secondary N) is 1. The van der Waals surface area contributed by atoms with Crippen molar-refractivity contribution in [2.75, 3.05) is 27.2 Å². The van der Waals surface area contributed by atoms with Gasteiger partial charge in [0, 0.05) is 20.6 Å². The van der Waals surface area contributed by atoms with Gasteiger partial charge in [-0.3, -0.25) is 9.89 Å². The Balaban J connectivity index is 3.19. The lowest BCUT2D eigenvalue weighted by atomic mass is 10.4. The molecule has 10 heteroatoms. The Kier molecular flexibility index (Phi) is 5.44. The summed E-state index contributed by atoms with van der Waals surface area (Å²) < 4.78 is 25.9. The van der Waals surface area contributed by atoms with Crippen molar-refractivity contribution in [3.05, 3.63) is 11.8 Å². The third-order valence-electron chi connectivity index (χ3n) is 2.72. The highest BCUT2D eigenvalue weighted by atomic mass is 32.2. The van der Waals surface area contributed by atoms with Crippen LogP contribution in [0, 0.1) is 0 Å². The predicted octanol–water partition coefficient (Wildman–Crippen LogP) is -0.403. The molecule has 0 saturated heterocycles. The van der Waals surface area contributed by atoms with Gasteiger partial charge in [0.1, 0.15) is 5.56 Å². The van der Waals surface area contributed by atoms with Gasteiger partial charge in [-0.25, -0.2) is 13.2 Å². The van der Waals surface area contributed by atoms with Gasteiger partial charge in [0.05, 0.1) is 12.7 Å². The van der Waals surface area contributed by atoms with Gasteiger partial charge in [-0.1, -0.05) is 6.92 Å². The van der Waals surface area contributed by atoms with Gasteiger partial charge in [0.2, 0.25) is 5.91 Å². The van der Waals surface area contributed by atoms with Gasteiger partial charge in [-0.2, -0.15) is 9.40 Å². The predicted molar refractivity (Wildman–Crippen MR) is 73.3 cm³/mol. The van der Waals surface area contributed by atoms with Crippen molar-refractivity contribution in [2.24, 2.45) is 0 Å². The number of aromatic carboxylic acids is 1. The van der Waals surface area contributed by atoms with Crippen LogP contribution in [-0.4, -0.2) is 72.0 Å². The van der Waals surface area contributed by atoms with Crippen LogP contribution in [0.3, 0.4) is 0 Å². The van der Waals surface area contributed by atoms with Gasteiger partial charge >= 0.3 is 5.97 Å². The Morgan fingerprint density at radius 2 is 2.00 bits per heavy atom. The standard InChI is InChI=1S/C11H18N4O5S/c1-4-5-15(7-9(16)14(2)3)21(19,20)10-8(11(17)18)6-12-13-10/h6H,4-5,7H2,1-3H3,(H,12,13)(H,17,18). The SMILES string of the molecule is CCCN(CC(=O)N(C)C)S(=O)(=O)c1[nH]ncc1C(=O)O. The Hall–Kier alpha value is -1.94. The molecule has 0 atom stereocenters. The molecule has 0 unspecified atom stereocenters. The first-order valence-electron chi connectivity index (χ1n) is 6.18. The minimum atomic E-state index is -4.14. The average Bonchev–Trinajstić information content (AvgIpc) is 2.87. The van der Waals surface area contributed by atoms with E-state index in [2.05, 4.69) is 10.2 Å². The summed E-state index contributed by atoms with van der Waals surface area (Å²) in [5, 5.41) is 14.1. The number of carboxylic acids is 1. The molecule has 1 rings (SSSR count). The summed E-state index contributed by atoms with van der Waals surface area (Å²) in [6.07, 6.45) is 1.41. The molecule has 9 nitrogen and oxygen atoms in total. The number of likely N-dealkylation sites (N-methyl/N-ethyl adjacent to an activating group) is 1. The fourth-order valence-electron chi connectivity index (χ4n) is 1.58. The summed E-state index contributed by atoms with van der Waals surface area (Å²) in [7, 11) is -1.11. The molecule has 1 aromatic rings. The second kappa shape index (κ2) is 6.68. The van der Waals surface area contributed by atoms with Crippen molar-refractivity contribution in [1.82, 2.24) is 19.4 Å². The van der Waals surface area contributed by atoms with E-state index in [0.717, 1.165) is 10.5 Å². The zero-order chi connectivity index (χ0) is 16.2. The highest BCUT2D eigenvalue weighted by molar-refractivity contribution is 7.89. The number of nitrogens with zero attached hydrogens (tertiary/aromatic N) is 3. The number of carbonyl (C=O) groups is 2. The van der Waals surface area contributed by atoms with E-state index < -0.39 is 32.5 Å². The number of aromatic nitrogens is 2. The maximum atomic E-state index is 12.5. The van der Waals surface area contributed by atoms with Crippen LogP contribution in [0.1, 0.15) is 23.7 Å². The first-order chi connectivity index (χ1) is 9.71. The number of H-pyrrole nitrogens is 1. The number of sulfonamides is 1. The van der Waals surface area contributed by atoms with Crippen molar-refractivity contribution in [2.45, 2.75) is 18.4 Å². The highest BCUT2D eigenvalue weighted by Gasteiger charge is 2.32. The Morgan fingerprint density at radius 1 is 1.38 bits per heavy atom. The molecule has 0 aromatic carbocycles. The molecule has 1 aromatic heterocycles. The Labute approximate surface area is 122 Å². The van der Waals surface area contributed by atoms with E-state index in [4.69, 9.17) is 5.11 Å². The molecule has 1 amide bonds. The maximum absolute atomic E-state index is 12.5. The molecule has 0 radical (unpaired) electrons. The zero-order valence-corrected chi connectivity index (χ0v) is 12.8. The van der Waals surface area contributed by atoms with Crippen LogP contribution in [0.4, 0.5) is 0 Å². The van der Waals surface area contributed by atoms with E-state index >= 15 is 0 Å².